The zero-order valence-electron chi connectivity index (χ0n) is 25.4. The van der Waals surface area contributed by atoms with Crippen molar-refractivity contribution in [1.82, 2.24) is 0 Å². The summed E-state index contributed by atoms with van der Waals surface area (Å²) in [6.45, 7) is 8.13. The molecule has 0 aliphatic heterocycles. The van der Waals surface area contributed by atoms with Crippen LogP contribution in [0.1, 0.15) is 64.6 Å². The molecule has 0 aromatic heterocycles. The summed E-state index contributed by atoms with van der Waals surface area (Å²) in [4.78, 5) is 11.4. The standard InChI is InChI=1S/C37H36BrNO5/c1-20(2)27-18-32(44-37-22(4)14-23(15-29(37)38)16-33(40)41)28(19-31(27)43-5)34(25-11-8-9-21(3)13-25)35-26-12-7-6-10-24(26)17-30(39)36(35)42/h6-15,17-20,34,42H,16,39H2,1-5H3,(H,40,41). The Morgan fingerprint density at radius 1 is 0.932 bits per heavy atom. The molecule has 5 rings (SSSR count). The Balaban J connectivity index is 1.84. The maximum Gasteiger partial charge on any atom is 0.307 e. The number of nitrogens with two attached hydrogens (primary N) is 1. The van der Waals surface area contributed by atoms with Crippen molar-refractivity contribution >= 4 is 38.4 Å². The maximum absolute atomic E-state index is 11.6. The predicted molar refractivity (Wildman–Crippen MR) is 180 cm³/mol. The van der Waals surface area contributed by atoms with Gasteiger partial charge in [0.2, 0.25) is 0 Å². The van der Waals surface area contributed by atoms with Crippen molar-refractivity contribution in [2.75, 3.05) is 12.8 Å². The lowest BCUT2D eigenvalue weighted by atomic mass is 9.80. The average molecular weight is 655 g/mol. The molecule has 0 saturated heterocycles. The number of benzene rings is 5. The number of carboxylic acid groups (broad SMARTS) is 1. The van der Waals surface area contributed by atoms with Gasteiger partial charge in [-0.1, -0.05) is 74.0 Å². The lowest BCUT2D eigenvalue weighted by molar-refractivity contribution is -0.136. The van der Waals surface area contributed by atoms with Crippen LogP contribution in [0, 0.1) is 13.8 Å². The zero-order chi connectivity index (χ0) is 31.7. The second-order valence-electron chi connectivity index (χ2n) is 11.5. The number of carboxylic acids is 1. The summed E-state index contributed by atoms with van der Waals surface area (Å²) in [5.74, 6) is 0.621. The van der Waals surface area contributed by atoms with Crippen LogP contribution in [-0.4, -0.2) is 23.3 Å². The van der Waals surface area contributed by atoms with Gasteiger partial charge in [0.25, 0.3) is 0 Å². The summed E-state index contributed by atoms with van der Waals surface area (Å²) < 4.78 is 13.4. The normalized spacial score (nSPS) is 12.0. The number of ether oxygens (including phenoxy) is 2. The smallest absolute Gasteiger partial charge is 0.307 e. The van der Waals surface area contributed by atoms with Gasteiger partial charge in [-0.15, -0.1) is 0 Å². The van der Waals surface area contributed by atoms with Crippen LogP contribution in [-0.2, 0) is 11.2 Å². The molecule has 0 aliphatic carbocycles. The molecule has 0 amide bonds. The molecular weight excluding hydrogens is 618 g/mol. The molecule has 7 heteroatoms. The first kappa shape index (κ1) is 31.0. The number of phenolic OH excluding ortho intramolecular Hbond substituents is 1. The van der Waals surface area contributed by atoms with Crippen LogP contribution in [0.3, 0.4) is 0 Å². The predicted octanol–water partition coefficient (Wildman–Crippen LogP) is 9.24. The van der Waals surface area contributed by atoms with Gasteiger partial charge in [-0.25, -0.2) is 0 Å². The van der Waals surface area contributed by atoms with E-state index in [0.29, 0.717) is 32.8 Å². The van der Waals surface area contributed by atoms with Gasteiger partial charge in [0.15, 0.2) is 0 Å². The number of carbonyl (C=O) groups is 1. The number of hydrogen-bond donors (Lipinski definition) is 3. The highest BCUT2D eigenvalue weighted by Crippen LogP contribution is 2.50. The van der Waals surface area contributed by atoms with Crippen LogP contribution in [0.4, 0.5) is 5.69 Å². The molecule has 1 unspecified atom stereocenters. The molecule has 0 radical (unpaired) electrons. The molecule has 44 heavy (non-hydrogen) atoms. The maximum atomic E-state index is 11.6. The van der Waals surface area contributed by atoms with Gasteiger partial charge < -0.3 is 25.4 Å². The number of rotatable bonds is 9. The molecule has 0 aliphatic rings. The Morgan fingerprint density at radius 3 is 2.32 bits per heavy atom. The minimum absolute atomic E-state index is 0.0171. The van der Waals surface area contributed by atoms with Gasteiger partial charge in [-0.05, 0) is 87.4 Å². The minimum Gasteiger partial charge on any atom is -0.505 e. The van der Waals surface area contributed by atoms with E-state index in [2.05, 4.69) is 35.8 Å². The number of aromatic hydroxyl groups is 1. The van der Waals surface area contributed by atoms with Gasteiger partial charge in [-0.3, -0.25) is 4.79 Å². The number of methoxy groups -OCH3 is 1. The third-order valence-electron chi connectivity index (χ3n) is 7.91. The van der Waals surface area contributed by atoms with E-state index >= 15 is 0 Å². The van der Waals surface area contributed by atoms with E-state index in [1.165, 1.54) is 0 Å². The van der Waals surface area contributed by atoms with Crippen molar-refractivity contribution in [2.45, 2.75) is 46.0 Å². The highest BCUT2D eigenvalue weighted by Gasteiger charge is 2.29. The van der Waals surface area contributed by atoms with E-state index in [1.807, 2.05) is 74.5 Å². The Bertz CT molecular complexity index is 1860. The Labute approximate surface area is 266 Å². The third-order valence-corrected chi connectivity index (χ3v) is 8.50. The molecular formula is C37H36BrNO5. The molecule has 0 spiro atoms. The van der Waals surface area contributed by atoms with Crippen molar-refractivity contribution in [3.8, 4) is 23.0 Å². The Hall–Kier alpha value is -4.49. The fourth-order valence-corrected chi connectivity index (χ4v) is 6.57. The lowest BCUT2D eigenvalue weighted by Crippen LogP contribution is -2.10. The number of hydrogen-bond acceptors (Lipinski definition) is 5. The number of anilines is 1. The van der Waals surface area contributed by atoms with Gasteiger partial charge in [0.1, 0.15) is 23.0 Å². The molecule has 226 valence electrons. The molecule has 4 N–H and O–H groups in total. The molecule has 0 heterocycles. The summed E-state index contributed by atoms with van der Waals surface area (Å²) in [5, 5.41) is 22.8. The number of nitrogen functional groups attached to an aromatic ring is 1. The zero-order valence-corrected chi connectivity index (χ0v) is 27.0. The van der Waals surface area contributed by atoms with Crippen LogP contribution >= 0.6 is 15.9 Å². The first-order valence-electron chi connectivity index (χ1n) is 14.5. The summed E-state index contributed by atoms with van der Waals surface area (Å²) >= 11 is 3.64. The van der Waals surface area contributed by atoms with Crippen LogP contribution in [0.5, 0.6) is 23.0 Å². The summed E-state index contributed by atoms with van der Waals surface area (Å²) in [7, 11) is 1.66. The van der Waals surface area contributed by atoms with E-state index in [4.69, 9.17) is 15.2 Å². The van der Waals surface area contributed by atoms with Crippen molar-refractivity contribution in [2.24, 2.45) is 0 Å². The largest absolute Gasteiger partial charge is 0.505 e. The molecule has 0 saturated carbocycles. The van der Waals surface area contributed by atoms with Crippen LogP contribution < -0.4 is 15.2 Å². The number of aliphatic carboxylic acids is 1. The van der Waals surface area contributed by atoms with Crippen LogP contribution in [0.2, 0.25) is 0 Å². The van der Waals surface area contributed by atoms with E-state index in [-0.39, 0.29) is 23.8 Å². The SMILES string of the molecule is COc1cc(C(c2cccc(C)c2)c2c(O)c(N)cc3ccccc23)c(Oc2c(C)cc(CC(=O)O)cc2Br)cc1C(C)C. The Morgan fingerprint density at radius 2 is 1.66 bits per heavy atom. The van der Waals surface area contributed by atoms with Gasteiger partial charge in [0.05, 0.1) is 23.7 Å². The summed E-state index contributed by atoms with van der Waals surface area (Å²) in [5.41, 5.74) is 12.6. The second kappa shape index (κ2) is 12.6. The summed E-state index contributed by atoms with van der Waals surface area (Å²) in [6.07, 6.45) is -0.0950. The molecule has 5 aromatic rings. The molecule has 0 bridgehead atoms. The monoisotopic (exact) mass is 653 g/mol. The van der Waals surface area contributed by atoms with Gasteiger partial charge in [0, 0.05) is 22.6 Å². The molecule has 1 atom stereocenters. The van der Waals surface area contributed by atoms with Gasteiger partial charge in [-0.2, -0.15) is 0 Å². The number of aryl methyl sites for hydroxylation is 2. The fourth-order valence-electron chi connectivity index (χ4n) is 5.88. The lowest BCUT2D eigenvalue weighted by Gasteiger charge is -2.27. The topological polar surface area (TPSA) is 102 Å². The van der Waals surface area contributed by atoms with E-state index < -0.39 is 11.9 Å². The molecule has 0 fully saturated rings. The fraction of sp³-hybridized carbons (Fsp3) is 0.216. The highest BCUT2D eigenvalue weighted by molar-refractivity contribution is 9.10. The highest BCUT2D eigenvalue weighted by atomic mass is 79.9. The van der Waals surface area contributed by atoms with Crippen molar-refractivity contribution in [3.05, 3.63) is 122 Å². The van der Waals surface area contributed by atoms with Crippen molar-refractivity contribution in [1.29, 1.82) is 0 Å². The molecule has 6 nitrogen and oxygen atoms in total. The van der Waals surface area contributed by atoms with E-state index in [9.17, 15) is 15.0 Å². The quantitative estimate of drug-likeness (QED) is 0.0832. The number of halogens is 1. The Kier molecular flexibility index (Phi) is 8.88. The average Bonchev–Trinajstić information content (AvgIpc) is 2.97. The van der Waals surface area contributed by atoms with Crippen molar-refractivity contribution in [3.63, 3.8) is 0 Å². The minimum atomic E-state index is -0.904. The van der Waals surface area contributed by atoms with Gasteiger partial charge >= 0.3 is 5.97 Å². The van der Waals surface area contributed by atoms with Crippen LogP contribution in [0.15, 0.2) is 83.3 Å². The second-order valence-corrected chi connectivity index (χ2v) is 12.3. The summed E-state index contributed by atoms with van der Waals surface area (Å²) in [6, 6.07) is 25.5. The van der Waals surface area contributed by atoms with E-state index in [1.54, 1.807) is 19.2 Å². The number of phenols is 1. The first-order valence-corrected chi connectivity index (χ1v) is 15.2. The number of fused-ring (bicyclic) bond motifs is 1. The third kappa shape index (κ3) is 6.10. The van der Waals surface area contributed by atoms with E-state index in [0.717, 1.165) is 38.6 Å². The van der Waals surface area contributed by atoms with Crippen molar-refractivity contribution < 1.29 is 24.5 Å². The van der Waals surface area contributed by atoms with Crippen LogP contribution in [0.25, 0.3) is 10.8 Å². The molecule has 5 aromatic carbocycles. The first-order chi connectivity index (χ1) is 21.0.